The topological polar surface area (TPSA) is 57.5 Å². The molecule has 2 aromatic carbocycles. The molecule has 0 aliphatic carbocycles. The highest BCUT2D eigenvalue weighted by Gasteiger charge is 2.15. The number of hydrogen-bond donors (Lipinski definition) is 2. The molecule has 0 saturated heterocycles. The van der Waals surface area contributed by atoms with Gasteiger partial charge in [0.15, 0.2) is 0 Å². The normalized spacial score (nSPS) is 10.8. The molecule has 3 nitrogen and oxygen atoms in total. The third-order valence-electron chi connectivity index (χ3n) is 3.22. The Kier molecular flexibility index (Phi) is 3.96. The van der Waals surface area contributed by atoms with Crippen molar-refractivity contribution in [1.29, 1.82) is 0 Å². The molecule has 0 heterocycles. The van der Waals surface area contributed by atoms with Gasteiger partial charge in [0.2, 0.25) is 0 Å². The number of carboxylic acid groups (broad SMARTS) is 1. The van der Waals surface area contributed by atoms with Crippen LogP contribution in [0.15, 0.2) is 24.3 Å². The molecule has 0 amide bonds. The summed E-state index contributed by atoms with van der Waals surface area (Å²) in [7, 11) is 0. The van der Waals surface area contributed by atoms with Crippen molar-refractivity contribution in [1.82, 2.24) is 0 Å². The van der Waals surface area contributed by atoms with E-state index in [1.165, 1.54) is 6.07 Å². The maximum absolute atomic E-state index is 11.0. The molecule has 0 unspecified atom stereocenters. The maximum Gasteiger partial charge on any atom is 0.339 e. The van der Waals surface area contributed by atoms with Crippen LogP contribution in [0.4, 0.5) is 0 Å². The van der Waals surface area contributed by atoms with Crippen molar-refractivity contribution < 1.29 is 15.0 Å². The number of halogens is 1. The van der Waals surface area contributed by atoms with Gasteiger partial charge in [-0.15, -0.1) is 0 Å². The van der Waals surface area contributed by atoms with E-state index in [1.54, 1.807) is 12.1 Å². The molecule has 4 heteroatoms. The van der Waals surface area contributed by atoms with Crippen LogP contribution in [0.2, 0.25) is 5.02 Å². The Morgan fingerprint density at radius 2 is 1.89 bits per heavy atom. The van der Waals surface area contributed by atoms with Crippen LogP contribution in [-0.4, -0.2) is 16.2 Å². The zero-order chi connectivity index (χ0) is 14.0. The van der Waals surface area contributed by atoms with Crippen molar-refractivity contribution in [2.45, 2.75) is 26.2 Å². The number of carbonyl (C=O) groups is 1. The molecule has 0 radical (unpaired) electrons. The van der Waals surface area contributed by atoms with Gasteiger partial charge in [0.25, 0.3) is 0 Å². The van der Waals surface area contributed by atoms with E-state index < -0.39 is 5.97 Å². The Balaban J connectivity index is 2.59. The average Bonchev–Trinajstić information content (AvgIpc) is 2.38. The first-order chi connectivity index (χ1) is 9.06. The van der Waals surface area contributed by atoms with Crippen molar-refractivity contribution in [3.05, 3.63) is 40.4 Å². The molecule has 0 atom stereocenters. The van der Waals surface area contributed by atoms with E-state index in [1.807, 2.05) is 6.07 Å². The zero-order valence-corrected chi connectivity index (χ0v) is 11.4. The summed E-state index contributed by atoms with van der Waals surface area (Å²) in [6.45, 7) is 2.11. The second kappa shape index (κ2) is 5.49. The number of fused-ring (bicyclic) bond motifs is 1. The van der Waals surface area contributed by atoms with Crippen LogP contribution in [0, 0.1) is 0 Å². The fraction of sp³-hybridized carbons (Fsp3) is 0.267. The summed E-state index contributed by atoms with van der Waals surface area (Å²) in [5, 5.41) is 20.7. The van der Waals surface area contributed by atoms with Crippen LogP contribution < -0.4 is 0 Å². The quantitative estimate of drug-likeness (QED) is 0.879. The standard InChI is InChI=1S/C15H15ClO3/c1-2-3-4-9-5-6-11-10(13(9)16)7-8-12(14(11)17)15(18)19/h5-8,17H,2-4H2,1H3,(H,18,19). The average molecular weight is 279 g/mol. The molecule has 0 aliphatic rings. The van der Waals surface area contributed by atoms with Crippen LogP contribution in [0.3, 0.4) is 0 Å². The molecule has 0 aromatic heterocycles. The van der Waals surface area contributed by atoms with Gasteiger partial charge >= 0.3 is 5.97 Å². The molecule has 0 aliphatic heterocycles. The Bertz CT molecular complexity index is 635. The molecule has 2 rings (SSSR count). The summed E-state index contributed by atoms with van der Waals surface area (Å²) in [4.78, 5) is 11.0. The third-order valence-corrected chi connectivity index (χ3v) is 3.66. The number of carboxylic acids is 1. The predicted molar refractivity (Wildman–Crippen MR) is 76.2 cm³/mol. The number of hydrogen-bond acceptors (Lipinski definition) is 2. The summed E-state index contributed by atoms with van der Waals surface area (Å²) in [5.74, 6) is -1.38. The monoisotopic (exact) mass is 278 g/mol. The number of aromatic carboxylic acids is 1. The molecule has 0 bridgehead atoms. The lowest BCUT2D eigenvalue weighted by Gasteiger charge is -2.10. The lowest BCUT2D eigenvalue weighted by molar-refractivity contribution is 0.0694. The van der Waals surface area contributed by atoms with Gasteiger partial charge in [-0.2, -0.15) is 0 Å². The summed E-state index contributed by atoms with van der Waals surface area (Å²) < 4.78 is 0. The summed E-state index contributed by atoms with van der Waals surface area (Å²) in [5.41, 5.74) is 0.920. The van der Waals surface area contributed by atoms with E-state index in [0.717, 1.165) is 24.8 Å². The van der Waals surface area contributed by atoms with Crippen molar-refractivity contribution in [2.75, 3.05) is 0 Å². The van der Waals surface area contributed by atoms with E-state index in [9.17, 15) is 9.90 Å². The fourth-order valence-corrected chi connectivity index (χ4v) is 2.45. The summed E-state index contributed by atoms with van der Waals surface area (Å²) in [6.07, 6.45) is 3.01. The first-order valence-electron chi connectivity index (χ1n) is 6.22. The number of aromatic hydroxyl groups is 1. The number of rotatable bonds is 4. The third kappa shape index (κ3) is 2.51. The molecule has 19 heavy (non-hydrogen) atoms. The van der Waals surface area contributed by atoms with E-state index >= 15 is 0 Å². The van der Waals surface area contributed by atoms with Crippen molar-refractivity contribution >= 4 is 28.3 Å². The molecular formula is C15H15ClO3. The highest BCUT2D eigenvalue weighted by Crippen LogP contribution is 2.35. The van der Waals surface area contributed by atoms with Gasteiger partial charge in [0.05, 0.1) is 5.02 Å². The Morgan fingerprint density at radius 3 is 2.53 bits per heavy atom. The Morgan fingerprint density at radius 1 is 1.21 bits per heavy atom. The number of benzene rings is 2. The van der Waals surface area contributed by atoms with E-state index in [4.69, 9.17) is 16.7 Å². The smallest absolute Gasteiger partial charge is 0.339 e. The minimum atomic E-state index is -1.15. The largest absolute Gasteiger partial charge is 0.506 e. The van der Waals surface area contributed by atoms with Crippen LogP contribution in [0.25, 0.3) is 10.8 Å². The van der Waals surface area contributed by atoms with Gasteiger partial charge in [-0.3, -0.25) is 0 Å². The zero-order valence-electron chi connectivity index (χ0n) is 10.6. The lowest BCUT2D eigenvalue weighted by atomic mass is 10.00. The van der Waals surface area contributed by atoms with E-state index in [-0.39, 0.29) is 11.3 Å². The minimum absolute atomic E-state index is 0.107. The van der Waals surface area contributed by atoms with Gasteiger partial charge < -0.3 is 10.2 Å². The molecule has 2 N–H and O–H groups in total. The van der Waals surface area contributed by atoms with Crippen LogP contribution in [0.5, 0.6) is 5.75 Å². The first kappa shape index (κ1) is 13.7. The van der Waals surface area contributed by atoms with Gasteiger partial charge in [0, 0.05) is 10.8 Å². The summed E-state index contributed by atoms with van der Waals surface area (Å²) in [6, 6.07) is 6.62. The molecule has 0 spiro atoms. The minimum Gasteiger partial charge on any atom is -0.506 e. The number of phenols is 1. The molecule has 100 valence electrons. The van der Waals surface area contributed by atoms with Gasteiger partial charge in [-0.25, -0.2) is 4.79 Å². The van der Waals surface area contributed by atoms with Gasteiger partial charge in [-0.1, -0.05) is 43.1 Å². The van der Waals surface area contributed by atoms with Crippen LogP contribution >= 0.6 is 11.6 Å². The van der Waals surface area contributed by atoms with Gasteiger partial charge in [0.1, 0.15) is 11.3 Å². The van der Waals surface area contributed by atoms with Crippen LogP contribution in [0.1, 0.15) is 35.7 Å². The second-order valence-corrected chi connectivity index (χ2v) is 4.88. The molecule has 2 aromatic rings. The van der Waals surface area contributed by atoms with E-state index in [0.29, 0.717) is 15.8 Å². The van der Waals surface area contributed by atoms with Crippen LogP contribution in [-0.2, 0) is 6.42 Å². The Labute approximate surface area is 116 Å². The van der Waals surface area contributed by atoms with E-state index in [2.05, 4.69) is 6.92 Å². The van der Waals surface area contributed by atoms with Gasteiger partial charge in [-0.05, 0) is 24.5 Å². The highest BCUT2D eigenvalue weighted by molar-refractivity contribution is 6.36. The molecular weight excluding hydrogens is 264 g/mol. The number of unbranched alkanes of at least 4 members (excludes halogenated alkanes) is 1. The lowest BCUT2D eigenvalue weighted by Crippen LogP contribution is -1.97. The second-order valence-electron chi connectivity index (χ2n) is 4.50. The maximum atomic E-state index is 11.0. The van der Waals surface area contributed by atoms with Crippen molar-refractivity contribution in [3.63, 3.8) is 0 Å². The fourth-order valence-electron chi connectivity index (χ4n) is 2.13. The first-order valence-corrected chi connectivity index (χ1v) is 6.60. The summed E-state index contributed by atoms with van der Waals surface area (Å²) >= 11 is 6.32. The van der Waals surface area contributed by atoms with Crippen molar-refractivity contribution in [2.24, 2.45) is 0 Å². The highest BCUT2D eigenvalue weighted by atomic mass is 35.5. The number of aryl methyl sites for hydroxylation is 1. The Hall–Kier alpha value is -1.74. The molecule has 0 fully saturated rings. The SMILES string of the molecule is CCCCc1ccc2c(O)c(C(=O)O)ccc2c1Cl. The van der Waals surface area contributed by atoms with Crippen molar-refractivity contribution in [3.8, 4) is 5.75 Å². The molecule has 0 saturated carbocycles. The predicted octanol–water partition coefficient (Wildman–Crippen LogP) is 4.24.